The number of hydrogen-bond acceptors (Lipinski definition) is 4. The monoisotopic (exact) mass is 527 g/mol. The van der Waals surface area contributed by atoms with E-state index >= 15 is 0 Å². The third-order valence-corrected chi connectivity index (χ3v) is 9.50. The van der Waals surface area contributed by atoms with Crippen LogP contribution in [0.5, 0.6) is 0 Å². The van der Waals surface area contributed by atoms with Crippen LogP contribution < -0.4 is 0 Å². The summed E-state index contributed by atoms with van der Waals surface area (Å²) in [6.45, 7) is 11.5. The molecule has 39 heavy (non-hydrogen) atoms. The number of benzene rings is 1. The maximum absolute atomic E-state index is 11.8. The first-order valence-electron chi connectivity index (χ1n) is 14.6. The Hall–Kier alpha value is -2.98. The molecule has 1 fully saturated rings. The molecule has 0 aliphatic heterocycles. The SMILES string of the molecule is CCC(CC)(C1=CC=C(c2cncc(CC(=O)OC)c2)C(C)C1C)c1ccc(/C=C/C2(O)CCCC2)c(C)c1. The zero-order chi connectivity index (χ0) is 28.2. The lowest BCUT2D eigenvalue weighted by molar-refractivity contribution is -0.139. The maximum Gasteiger partial charge on any atom is 0.310 e. The van der Waals surface area contributed by atoms with Gasteiger partial charge >= 0.3 is 5.97 Å². The molecule has 2 aliphatic rings. The third-order valence-electron chi connectivity index (χ3n) is 9.50. The lowest BCUT2D eigenvalue weighted by Gasteiger charge is -2.42. The summed E-state index contributed by atoms with van der Waals surface area (Å²) in [6.07, 6.45) is 18.6. The molecule has 208 valence electrons. The first-order valence-corrected chi connectivity index (χ1v) is 14.6. The van der Waals surface area contributed by atoms with Gasteiger partial charge in [-0.3, -0.25) is 9.78 Å². The van der Waals surface area contributed by atoms with Crippen molar-refractivity contribution in [1.29, 1.82) is 0 Å². The van der Waals surface area contributed by atoms with Crippen molar-refractivity contribution in [2.75, 3.05) is 7.11 Å². The number of esters is 1. The number of methoxy groups -OCH3 is 1. The third kappa shape index (κ3) is 5.96. The van der Waals surface area contributed by atoms with Crippen LogP contribution in [0.1, 0.15) is 94.0 Å². The van der Waals surface area contributed by atoms with E-state index in [-0.39, 0.29) is 17.8 Å². The van der Waals surface area contributed by atoms with Crippen LogP contribution in [0.3, 0.4) is 0 Å². The van der Waals surface area contributed by atoms with E-state index in [0.717, 1.165) is 49.7 Å². The van der Waals surface area contributed by atoms with Crippen LogP contribution in [0.4, 0.5) is 0 Å². The second-order valence-corrected chi connectivity index (χ2v) is 11.7. The Morgan fingerprint density at radius 1 is 1.10 bits per heavy atom. The summed E-state index contributed by atoms with van der Waals surface area (Å²) in [5, 5.41) is 10.8. The largest absolute Gasteiger partial charge is 0.469 e. The summed E-state index contributed by atoms with van der Waals surface area (Å²) in [4.78, 5) is 16.2. The van der Waals surface area contributed by atoms with E-state index in [0.29, 0.717) is 11.8 Å². The molecule has 0 radical (unpaired) electrons. The van der Waals surface area contributed by atoms with Gasteiger partial charge < -0.3 is 9.84 Å². The van der Waals surface area contributed by atoms with Gasteiger partial charge in [-0.25, -0.2) is 0 Å². The molecule has 1 N–H and O–H groups in total. The molecule has 4 rings (SSSR count). The molecule has 1 saturated carbocycles. The second-order valence-electron chi connectivity index (χ2n) is 11.7. The molecule has 1 aromatic carbocycles. The van der Waals surface area contributed by atoms with E-state index in [4.69, 9.17) is 4.74 Å². The van der Waals surface area contributed by atoms with Crippen molar-refractivity contribution < 1.29 is 14.6 Å². The highest BCUT2D eigenvalue weighted by molar-refractivity contribution is 5.75. The average Bonchev–Trinajstić information content (AvgIpc) is 3.38. The average molecular weight is 528 g/mol. The summed E-state index contributed by atoms with van der Waals surface area (Å²) in [5.74, 6) is 0.413. The van der Waals surface area contributed by atoms with Crippen molar-refractivity contribution in [3.8, 4) is 0 Å². The standard InChI is InChI=1S/C35H45NO3/c1-7-35(8-2,30-12-11-28(24(3)19-30)15-18-34(38)16-9-10-17-34)32-14-13-31(25(4)26(32)5)29-20-27(22-36-23-29)21-33(37)39-6/h11-15,18-20,22-23,25-26,38H,7-10,16-17,21H2,1-6H3/b18-15+. The summed E-state index contributed by atoms with van der Waals surface area (Å²) in [6, 6.07) is 8.97. The molecule has 4 nitrogen and oxygen atoms in total. The van der Waals surface area contributed by atoms with E-state index in [1.807, 2.05) is 12.3 Å². The molecule has 2 unspecified atom stereocenters. The lowest BCUT2D eigenvalue weighted by atomic mass is 9.61. The number of rotatable bonds is 9. The number of carbonyl (C=O) groups is 1. The highest BCUT2D eigenvalue weighted by atomic mass is 16.5. The van der Waals surface area contributed by atoms with Gasteiger partial charge in [0.2, 0.25) is 0 Å². The minimum atomic E-state index is -0.640. The highest BCUT2D eigenvalue weighted by Crippen LogP contribution is 2.49. The van der Waals surface area contributed by atoms with E-state index in [1.54, 1.807) is 6.20 Å². The van der Waals surface area contributed by atoms with Crippen LogP contribution in [0.2, 0.25) is 0 Å². The molecule has 0 saturated heterocycles. The summed E-state index contributed by atoms with van der Waals surface area (Å²) < 4.78 is 4.85. The molecular formula is C35H45NO3. The quantitative estimate of drug-likeness (QED) is 0.338. The Labute approximate surface area is 234 Å². The van der Waals surface area contributed by atoms with E-state index in [9.17, 15) is 9.90 Å². The molecule has 0 spiro atoms. The zero-order valence-corrected chi connectivity index (χ0v) is 24.6. The molecule has 2 atom stereocenters. The van der Waals surface area contributed by atoms with Crippen LogP contribution in [0.25, 0.3) is 11.6 Å². The molecule has 4 heteroatoms. The predicted molar refractivity (Wildman–Crippen MR) is 160 cm³/mol. The first-order chi connectivity index (χ1) is 18.7. The predicted octanol–water partition coefficient (Wildman–Crippen LogP) is 7.78. The van der Waals surface area contributed by atoms with Crippen molar-refractivity contribution in [2.45, 2.75) is 90.6 Å². The molecule has 0 bridgehead atoms. The smallest absolute Gasteiger partial charge is 0.310 e. The molecule has 1 heterocycles. The number of aryl methyl sites for hydroxylation is 1. The van der Waals surface area contributed by atoms with Gasteiger partial charge in [-0.05, 0) is 83.9 Å². The van der Waals surface area contributed by atoms with Crippen molar-refractivity contribution in [2.24, 2.45) is 11.8 Å². The Bertz CT molecular complexity index is 1270. The number of carbonyl (C=O) groups excluding carboxylic acids is 1. The van der Waals surface area contributed by atoms with Crippen molar-refractivity contribution in [3.63, 3.8) is 0 Å². The fourth-order valence-corrected chi connectivity index (χ4v) is 6.75. The number of pyridine rings is 1. The Morgan fingerprint density at radius 3 is 2.46 bits per heavy atom. The van der Waals surface area contributed by atoms with Crippen LogP contribution >= 0.6 is 0 Å². The number of aromatic nitrogens is 1. The van der Waals surface area contributed by atoms with Gasteiger partial charge in [0, 0.05) is 17.8 Å². The van der Waals surface area contributed by atoms with Crippen molar-refractivity contribution >= 4 is 17.6 Å². The molecule has 0 amide bonds. The number of hydrogen-bond donors (Lipinski definition) is 1. The van der Waals surface area contributed by atoms with Gasteiger partial charge in [0.25, 0.3) is 0 Å². The fourth-order valence-electron chi connectivity index (χ4n) is 6.75. The number of nitrogens with zero attached hydrogens (tertiary/aromatic N) is 1. The molecule has 2 aromatic rings. The van der Waals surface area contributed by atoms with Gasteiger partial charge in [-0.15, -0.1) is 0 Å². The van der Waals surface area contributed by atoms with Crippen LogP contribution in [0.15, 0.2) is 60.5 Å². The number of aliphatic hydroxyl groups is 1. The van der Waals surface area contributed by atoms with E-state index < -0.39 is 5.60 Å². The Balaban J connectivity index is 1.67. The van der Waals surface area contributed by atoms with Crippen molar-refractivity contribution in [1.82, 2.24) is 4.98 Å². The summed E-state index contributed by atoms with van der Waals surface area (Å²) in [5.41, 5.74) is 7.79. The molecule has 1 aromatic heterocycles. The Kier molecular flexibility index (Phi) is 8.96. The summed E-state index contributed by atoms with van der Waals surface area (Å²) in [7, 11) is 1.42. The topological polar surface area (TPSA) is 59.4 Å². The summed E-state index contributed by atoms with van der Waals surface area (Å²) >= 11 is 0. The Morgan fingerprint density at radius 2 is 1.82 bits per heavy atom. The molecular weight excluding hydrogens is 482 g/mol. The van der Waals surface area contributed by atoms with Crippen molar-refractivity contribution in [3.05, 3.63) is 88.3 Å². The van der Waals surface area contributed by atoms with Crippen LogP contribution in [-0.4, -0.2) is 28.8 Å². The van der Waals surface area contributed by atoms with Gasteiger partial charge in [0.1, 0.15) is 0 Å². The minimum absolute atomic E-state index is 0.0443. The van der Waals surface area contributed by atoms with E-state index in [2.05, 4.69) is 82.1 Å². The normalized spacial score (nSPS) is 21.1. The van der Waals surface area contributed by atoms with E-state index in [1.165, 1.54) is 34.9 Å². The fraction of sp³-hybridized carbons (Fsp3) is 0.486. The highest BCUT2D eigenvalue weighted by Gasteiger charge is 2.39. The van der Waals surface area contributed by atoms with Gasteiger partial charge in [0.15, 0.2) is 0 Å². The van der Waals surface area contributed by atoms with Gasteiger partial charge in [-0.2, -0.15) is 0 Å². The maximum atomic E-state index is 11.8. The second kappa shape index (κ2) is 12.0. The van der Waals surface area contributed by atoms with Crippen LogP contribution in [-0.2, 0) is 21.4 Å². The minimum Gasteiger partial charge on any atom is -0.469 e. The van der Waals surface area contributed by atoms with Crippen LogP contribution in [0, 0.1) is 18.8 Å². The number of ether oxygens (including phenoxy) is 1. The number of allylic oxidation sites excluding steroid dienone is 4. The van der Waals surface area contributed by atoms with Gasteiger partial charge in [-0.1, -0.05) is 88.6 Å². The zero-order valence-electron chi connectivity index (χ0n) is 24.6. The molecule has 2 aliphatic carbocycles. The van der Waals surface area contributed by atoms with Gasteiger partial charge in [0.05, 0.1) is 19.1 Å². The lowest BCUT2D eigenvalue weighted by Crippen LogP contribution is -2.34. The first kappa shape index (κ1) is 29.0.